The van der Waals surface area contributed by atoms with E-state index in [1.165, 1.54) is 12.0 Å². The summed E-state index contributed by atoms with van der Waals surface area (Å²) in [5.74, 6) is -0.527. The maximum absolute atomic E-state index is 13.8. The van der Waals surface area contributed by atoms with Crippen molar-refractivity contribution in [2.24, 2.45) is 5.41 Å². The zero-order chi connectivity index (χ0) is 28.3. The Balaban J connectivity index is 1.84. The fourth-order valence-electron chi connectivity index (χ4n) is 4.22. The summed E-state index contributed by atoms with van der Waals surface area (Å²) in [6.07, 6.45) is -1.03. The van der Waals surface area contributed by atoms with Crippen molar-refractivity contribution in [1.29, 1.82) is 0 Å². The topological polar surface area (TPSA) is 107 Å². The van der Waals surface area contributed by atoms with Crippen LogP contribution in [-0.4, -0.2) is 65.3 Å². The van der Waals surface area contributed by atoms with Gasteiger partial charge in [0.2, 0.25) is 5.91 Å². The van der Waals surface area contributed by atoms with Gasteiger partial charge in [-0.2, -0.15) is 0 Å². The fraction of sp³-hybridized carbons (Fsp3) is 0.500. The van der Waals surface area contributed by atoms with Crippen molar-refractivity contribution in [2.45, 2.75) is 71.8 Å². The van der Waals surface area contributed by atoms with E-state index in [1.807, 2.05) is 51.1 Å². The van der Waals surface area contributed by atoms with Crippen LogP contribution in [0.5, 0.6) is 5.75 Å². The molecule has 1 fully saturated rings. The summed E-state index contributed by atoms with van der Waals surface area (Å²) in [6, 6.07) is 11.1. The van der Waals surface area contributed by atoms with Gasteiger partial charge in [0.25, 0.3) is 0 Å². The molecule has 0 radical (unpaired) electrons. The van der Waals surface area contributed by atoms with Gasteiger partial charge in [0.15, 0.2) is 0 Å². The number of hydrogen-bond donors (Lipinski definition) is 1. The van der Waals surface area contributed by atoms with Gasteiger partial charge in [-0.25, -0.2) is 14.6 Å². The molecule has 0 saturated carbocycles. The molecule has 1 aliphatic heterocycles. The Labute approximate surface area is 228 Å². The van der Waals surface area contributed by atoms with Gasteiger partial charge in [-0.1, -0.05) is 62.7 Å². The predicted octanol–water partition coefficient (Wildman–Crippen LogP) is 4.86. The molecule has 2 heterocycles. The van der Waals surface area contributed by atoms with Crippen LogP contribution in [0.2, 0.25) is 5.15 Å². The van der Waals surface area contributed by atoms with E-state index >= 15 is 0 Å². The van der Waals surface area contributed by atoms with Gasteiger partial charge >= 0.3 is 12.1 Å². The molecule has 1 N–H and O–H groups in total. The summed E-state index contributed by atoms with van der Waals surface area (Å²) in [6.45, 7) is 10.8. The molecular formula is C28H36ClN3O6. The van der Waals surface area contributed by atoms with Gasteiger partial charge < -0.3 is 24.4 Å². The number of esters is 1. The molecule has 1 aromatic carbocycles. The van der Waals surface area contributed by atoms with Crippen molar-refractivity contribution in [3.05, 3.63) is 47.6 Å². The molecule has 206 valence electrons. The Kier molecular flexibility index (Phi) is 8.92. The Morgan fingerprint density at radius 2 is 1.74 bits per heavy atom. The van der Waals surface area contributed by atoms with Crippen molar-refractivity contribution < 1.29 is 28.6 Å². The van der Waals surface area contributed by atoms with E-state index in [-0.39, 0.29) is 18.1 Å². The minimum atomic E-state index is -0.955. The number of rotatable bonds is 6. The number of likely N-dealkylation sites (tertiary alicyclic amines) is 1. The number of nitrogens with one attached hydrogen (secondary N) is 1. The summed E-state index contributed by atoms with van der Waals surface area (Å²) >= 11 is 6.27. The number of aromatic nitrogens is 1. The van der Waals surface area contributed by atoms with Crippen LogP contribution >= 0.6 is 11.6 Å². The van der Waals surface area contributed by atoms with E-state index in [2.05, 4.69) is 10.3 Å². The highest BCUT2D eigenvalue weighted by atomic mass is 35.5. The first-order valence-corrected chi connectivity index (χ1v) is 12.8. The van der Waals surface area contributed by atoms with Crippen LogP contribution in [0.4, 0.5) is 4.79 Å². The Bertz CT molecular complexity index is 1160. The van der Waals surface area contributed by atoms with Crippen molar-refractivity contribution in [3.63, 3.8) is 0 Å². The first-order chi connectivity index (χ1) is 17.7. The van der Waals surface area contributed by atoms with Crippen LogP contribution in [0.15, 0.2) is 42.5 Å². The first-order valence-electron chi connectivity index (χ1n) is 12.5. The van der Waals surface area contributed by atoms with Crippen LogP contribution in [0.3, 0.4) is 0 Å². The SMILES string of the molecule is COC(=O)[C@@H]1C[C@@H](Oc2cc(Cl)nc(-c3ccccc3)c2)CN1C(=O)[C@@H](NC(=O)OC(C)(C)C)C(C)(C)C. The number of pyridine rings is 1. The molecule has 3 atom stereocenters. The summed E-state index contributed by atoms with van der Waals surface area (Å²) in [7, 11) is 1.27. The average Bonchev–Trinajstić information content (AvgIpc) is 3.23. The number of amides is 2. The lowest BCUT2D eigenvalue weighted by molar-refractivity contribution is -0.152. The molecule has 0 unspecified atom stereocenters. The number of halogens is 1. The van der Waals surface area contributed by atoms with Gasteiger partial charge in [-0.3, -0.25) is 4.79 Å². The molecule has 0 spiro atoms. The van der Waals surface area contributed by atoms with Crippen molar-refractivity contribution >= 4 is 29.6 Å². The van der Waals surface area contributed by atoms with E-state index in [1.54, 1.807) is 32.9 Å². The second-order valence-corrected chi connectivity index (χ2v) is 11.7. The number of nitrogens with zero attached hydrogens (tertiary/aromatic N) is 2. The third-order valence-electron chi connectivity index (χ3n) is 5.93. The van der Waals surface area contributed by atoms with Gasteiger partial charge in [0.05, 0.1) is 19.3 Å². The number of benzene rings is 1. The van der Waals surface area contributed by atoms with E-state index in [0.717, 1.165) is 5.56 Å². The van der Waals surface area contributed by atoms with Gasteiger partial charge in [-0.05, 0) is 26.2 Å². The number of alkyl carbamates (subject to hydrolysis) is 1. The standard InChI is InChI=1S/C28H36ClN3O6/c1-27(2,3)23(31-26(35)38-28(4,5)6)24(33)32-16-19(14-21(32)25(34)36-7)37-18-13-20(30-22(29)15-18)17-11-9-8-10-12-17/h8-13,15,19,21,23H,14,16H2,1-7H3,(H,31,35)/t19-,21+,23-/m1/s1. The van der Waals surface area contributed by atoms with E-state index < -0.39 is 47.2 Å². The second-order valence-electron chi connectivity index (χ2n) is 11.3. The minimum absolute atomic E-state index is 0.113. The number of carbonyl (C=O) groups is 3. The molecule has 1 aromatic heterocycles. The summed E-state index contributed by atoms with van der Waals surface area (Å²) in [4.78, 5) is 44.8. The molecular weight excluding hydrogens is 510 g/mol. The maximum Gasteiger partial charge on any atom is 0.408 e. The fourth-order valence-corrected chi connectivity index (χ4v) is 4.42. The highest BCUT2D eigenvalue weighted by Crippen LogP contribution is 2.31. The third-order valence-corrected chi connectivity index (χ3v) is 6.13. The van der Waals surface area contributed by atoms with Crippen LogP contribution in [-0.2, 0) is 19.1 Å². The summed E-state index contributed by atoms with van der Waals surface area (Å²) in [5, 5.41) is 2.95. The average molecular weight is 546 g/mol. The van der Waals surface area contributed by atoms with Gasteiger partial charge in [0, 0.05) is 24.1 Å². The summed E-state index contributed by atoms with van der Waals surface area (Å²) in [5.41, 5.74) is 0.104. The van der Waals surface area contributed by atoms with Crippen molar-refractivity contribution in [3.8, 4) is 17.0 Å². The first kappa shape index (κ1) is 29.2. The number of methoxy groups -OCH3 is 1. The molecule has 10 heteroatoms. The van der Waals surface area contributed by atoms with Crippen LogP contribution in [0.1, 0.15) is 48.0 Å². The second kappa shape index (κ2) is 11.6. The smallest absolute Gasteiger partial charge is 0.408 e. The Hall–Kier alpha value is -3.33. The third kappa shape index (κ3) is 7.60. The van der Waals surface area contributed by atoms with E-state index in [9.17, 15) is 14.4 Å². The molecule has 0 bridgehead atoms. The van der Waals surface area contributed by atoms with Crippen LogP contribution in [0, 0.1) is 5.41 Å². The maximum atomic E-state index is 13.8. The zero-order valence-electron chi connectivity index (χ0n) is 22.9. The lowest BCUT2D eigenvalue weighted by atomic mass is 9.85. The molecule has 3 rings (SSSR count). The van der Waals surface area contributed by atoms with Crippen molar-refractivity contribution in [2.75, 3.05) is 13.7 Å². The summed E-state index contributed by atoms with van der Waals surface area (Å²) < 4.78 is 16.6. The molecule has 9 nitrogen and oxygen atoms in total. The Morgan fingerprint density at radius 1 is 1.08 bits per heavy atom. The quantitative estimate of drug-likeness (QED) is 0.408. The number of hydrogen-bond acceptors (Lipinski definition) is 7. The predicted molar refractivity (Wildman–Crippen MR) is 144 cm³/mol. The molecule has 1 aliphatic rings. The van der Waals surface area contributed by atoms with E-state index in [4.69, 9.17) is 25.8 Å². The highest BCUT2D eigenvalue weighted by Gasteiger charge is 2.46. The van der Waals surface area contributed by atoms with Gasteiger partial charge in [0.1, 0.15) is 34.7 Å². The van der Waals surface area contributed by atoms with Crippen LogP contribution in [0.25, 0.3) is 11.3 Å². The molecule has 1 saturated heterocycles. The largest absolute Gasteiger partial charge is 0.488 e. The lowest BCUT2D eigenvalue weighted by Gasteiger charge is -2.35. The van der Waals surface area contributed by atoms with Gasteiger partial charge in [-0.15, -0.1) is 0 Å². The van der Waals surface area contributed by atoms with Crippen molar-refractivity contribution in [1.82, 2.24) is 15.2 Å². The molecule has 2 amide bonds. The molecule has 2 aromatic rings. The normalized spacial score (nSPS) is 18.5. The Morgan fingerprint density at radius 3 is 2.32 bits per heavy atom. The number of carbonyl (C=O) groups excluding carboxylic acids is 3. The minimum Gasteiger partial charge on any atom is -0.488 e. The van der Waals surface area contributed by atoms with Crippen LogP contribution < -0.4 is 10.1 Å². The monoisotopic (exact) mass is 545 g/mol. The molecule has 0 aliphatic carbocycles. The zero-order valence-corrected chi connectivity index (χ0v) is 23.7. The molecule has 38 heavy (non-hydrogen) atoms. The van der Waals surface area contributed by atoms with E-state index in [0.29, 0.717) is 11.4 Å². The lowest BCUT2D eigenvalue weighted by Crippen LogP contribution is -2.57. The number of ether oxygens (including phenoxy) is 3. The highest BCUT2D eigenvalue weighted by molar-refractivity contribution is 6.29.